The van der Waals surface area contributed by atoms with E-state index in [0.717, 1.165) is 18.4 Å². The molecule has 1 aromatic heterocycles. The lowest BCUT2D eigenvalue weighted by Crippen LogP contribution is -2.32. The minimum Gasteiger partial charge on any atom is -0.330 e. The van der Waals surface area contributed by atoms with Gasteiger partial charge in [-0.05, 0) is 30.5 Å². The zero-order chi connectivity index (χ0) is 13.2. The van der Waals surface area contributed by atoms with Crippen LogP contribution in [0.5, 0.6) is 0 Å². The van der Waals surface area contributed by atoms with E-state index in [0.29, 0.717) is 12.2 Å². The Morgan fingerprint density at radius 2 is 2.32 bits per heavy atom. The van der Waals surface area contributed by atoms with Gasteiger partial charge < -0.3 is 4.90 Å². The summed E-state index contributed by atoms with van der Waals surface area (Å²) in [6.07, 6.45) is 2.04. The Labute approximate surface area is 114 Å². The summed E-state index contributed by atoms with van der Waals surface area (Å²) < 4.78 is 13.2. The second kappa shape index (κ2) is 5.09. The predicted octanol–water partition coefficient (Wildman–Crippen LogP) is 3.09. The van der Waals surface area contributed by atoms with Gasteiger partial charge in [0.05, 0.1) is 5.51 Å². The maximum atomic E-state index is 13.2. The molecule has 3 nitrogen and oxygen atoms in total. The first-order valence-corrected chi connectivity index (χ1v) is 7.12. The van der Waals surface area contributed by atoms with Crippen molar-refractivity contribution in [3.05, 3.63) is 52.2 Å². The lowest BCUT2D eigenvalue weighted by molar-refractivity contribution is 0.0724. The summed E-state index contributed by atoms with van der Waals surface area (Å²) in [4.78, 5) is 18.2. The second-order valence-corrected chi connectivity index (χ2v) is 5.39. The Kier molecular flexibility index (Phi) is 3.29. The molecule has 3 rings (SSSR count). The molecule has 5 heteroatoms. The van der Waals surface area contributed by atoms with Crippen molar-refractivity contribution in [2.75, 3.05) is 0 Å². The number of nitrogens with zero attached hydrogens (tertiary/aromatic N) is 2. The van der Waals surface area contributed by atoms with Gasteiger partial charge in [0, 0.05) is 18.0 Å². The molecular weight excluding hydrogens is 263 g/mol. The summed E-state index contributed by atoms with van der Waals surface area (Å²) in [5.41, 5.74) is 2.95. The Morgan fingerprint density at radius 3 is 2.95 bits per heavy atom. The molecule has 0 radical (unpaired) electrons. The summed E-state index contributed by atoms with van der Waals surface area (Å²) in [7, 11) is 0. The van der Waals surface area contributed by atoms with Gasteiger partial charge in [-0.2, -0.15) is 0 Å². The van der Waals surface area contributed by atoms with Crippen LogP contribution in [0, 0.1) is 5.82 Å². The molecule has 1 heterocycles. The van der Waals surface area contributed by atoms with Gasteiger partial charge in [0.1, 0.15) is 11.5 Å². The van der Waals surface area contributed by atoms with Crippen molar-refractivity contribution >= 4 is 17.2 Å². The monoisotopic (exact) mass is 276 g/mol. The fourth-order valence-electron chi connectivity index (χ4n) is 2.05. The zero-order valence-corrected chi connectivity index (χ0v) is 11.1. The highest BCUT2D eigenvalue weighted by Crippen LogP contribution is 2.29. The normalized spacial score (nSPS) is 14.4. The van der Waals surface area contributed by atoms with Crippen molar-refractivity contribution in [3.63, 3.8) is 0 Å². The minimum absolute atomic E-state index is 0.0620. The van der Waals surface area contributed by atoms with Crippen LogP contribution in [-0.4, -0.2) is 21.8 Å². The van der Waals surface area contributed by atoms with E-state index < -0.39 is 0 Å². The van der Waals surface area contributed by atoms with Crippen molar-refractivity contribution in [1.82, 2.24) is 9.88 Å². The third-order valence-corrected chi connectivity index (χ3v) is 3.73. The smallest absolute Gasteiger partial charge is 0.273 e. The summed E-state index contributed by atoms with van der Waals surface area (Å²) in [5, 5.41) is 1.75. The average Bonchev–Trinajstić information content (AvgIpc) is 3.09. The Bertz CT molecular complexity index is 581. The van der Waals surface area contributed by atoms with Crippen LogP contribution in [0.4, 0.5) is 4.39 Å². The molecule has 0 atom stereocenters. The van der Waals surface area contributed by atoms with Crippen LogP contribution < -0.4 is 0 Å². The van der Waals surface area contributed by atoms with Gasteiger partial charge in [0.25, 0.3) is 5.91 Å². The van der Waals surface area contributed by atoms with E-state index in [9.17, 15) is 9.18 Å². The number of aromatic nitrogens is 1. The molecule has 1 aromatic carbocycles. The van der Waals surface area contributed by atoms with E-state index in [-0.39, 0.29) is 17.8 Å². The van der Waals surface area contributed by atoms with Crippen LogP contribution in [-0.2, 0) is 6.54 Å². The van der Waals surface area contributed by atoms with Crippen LogP contribution in [0.3, 0.4) is 0 Å². The number of rotatable bonds is 4. The third kappa shape index (κ3) is 2.81. The van der Waals surface area contributed by atoms with E-state index in [2.05, 4.69) is 4.98 Å². The van der Waals surface area contributed by atoms with Gasteiger partial charge in [-0.3, -0.25) is 4.79 Å². The molecule has 98 valence electrons. The molecule has 1 aliphatic rings. The number of halogens is 1. The highest BCUT2D eigenvalue weighted by Gasteiger charge is 2.33. The van der Waals surface area contributed by atoms with Gasteiger partial charge in [-0.15, -0.1) is 11.3 Å². The molecule has 0 spiro atoms. The molecule has 0 bridgehead atoms. The van der Waals surface area contributed by atoms with Gasteiger partial charge in [0.2, 0.25) is 0 Å². The minimum atomic E-state index is -0.269. The van der Waals surface area contributed by atoms with Crippen molar-refractivity contribution in [3.8, 4) is 0 Å². The van der Waals surface area contributed by atoms with Crippen molar-refractivity contribution in [2.24, 2.45) is 0 Å². The first-order chi connectivity index (χ1) is 9.24. The second-order valence-electron chi connectivity index (χ2n) is 4.67. The maximum Gasteiger partial charge on any atom is 0.273 e. The van der Waals surface area contributed by atoms with E-state index in [1.807, 2.05) is 6.07 Å². The van der Waals surface area contributed by atoms with Gasteiger partial charge >= 0.3 is 0 Å². The molecule has 0 saturated heterocycles. The summed E-state index contributed by atoms with van der Waals surface area (Å²) in [6.45, 7) is 0.443. The molecule has 1 aliphatic carbocycles. The molecule has 0 aliphatic heterocycles. The number of amides is 1. The average molecular weight is 276 g/mol. The Balaban J connectivity index is 1.80. The highest BCUT2D eigenvalue weighted by atomic mass is 32.1. The number of carbonyl (C=O) groups is 1. The first kappa shape index (κ1) is 12.3. The lowest BCUT2D eigenvalue weighted by atomic mass is 10.2. The lowest BCUT2D eigenvalue weighted by Gasteiger charge is -2.21. The topological polar surface area (TPSA) is 33.2 Å². The maximum absolute atomic E-state index is 13.2. The number of hydrogen-bond acceptors (Lipinski definition) is 3. The first-order valence-electron chi connectivity index (χ1n) is 6.17. The number of carbonyl (C=O) groups excluding carboxylic acids is 1. The number of thiazole rings is 1. The van der Waals surface area contributed by atoms with Crippen molar-refractivity contribution in [2.45, 2.75) is 25.4 Å². The SMILES string of the molecule is O=C(c1cscn1)N(Cc1cccc(F)c1)C1CC1. The number of hydrogen-bond donors (Lipinski definition) is 0. The molecule has 1 saturated carbocycles. The predicted molar refractivity (Wildman–Crippen MR) is 71.4 cm³/mol. The van der Waals surface area contributed by atoms with E-state index in [1.165, 1.54) is 23.5 Å². The van der Waals surface area contributed by atoms with Crippen LogP contribution in [0.25, 0.3) is 0 Å². The standard InChI is InChI=1S/C14H13FN2OS/c15-11-3-1-2-10(6-11)7-17(12-4-5-12)14(18)13-8-19-9-16-13/h1-3,6,8-9,12H,4-5,7H2. The van der Waals surface area contributed by atoms with E-state index in [1.54, 1.807) is 21.9 Å². The summed E-state index contributed by atoms with van der Waals surface area (Å²) in [5.74, 6) is -0.331. The molecule has 0 N–H and O–H groups in total. The van der Waals surface area contributed by atoms with Gasteiger partial charge in [-0.1, -0.05) is 12.1 Å². The molecule has 0 unspecified atom stereocenters. The highest BCUT2D eigenvalue weighted by molar-refractivity contribution is 7.07. The van der Waals surface area contributed by atoms with Crippen molar-refractivity contribution < 1.29 is 9.18 Å². The molecular formula is C14H13FN2OS. The number of benzene rings is 1. The quantitative estimate of drug-likeness (QED) is 0.859. The van der Waals surface area contributed by atoms with Crippen LogP contribution in [0.2, 0.25) is 0 Å². The summed E-state index contributed by atoms with van der Waals surface area (Å²) >= 11 is 1.41. The molecule has 2 aromatic rings. The van der Waals surface area contributed by atoms with Gasteiger partial charge in [0.15, 0.2) is 0 Å². The summed E-state index contributed by atoms with van der Waals surface area (Å²) in [6, 6.07) is 6.67. The van der Waals surface area contributed by atoms with Crippen LogP contribution in [0.15, 0.2) is 35.2 Å². The van der Waals surface area contributed by atoms with Gasteiger partial charge in [-0.25, -0.2) is 9.37 Å². The fraction of sp³-hybridized carbons (Fsp3) is 0.286. The van der Waals surface area contributed by atoms with Crippen molar-refractivity contribution in [1.29, 1.82) is 0 Å². The van der Waals surface area contributed by atoms with Crippen LogP contribution in [0.1, 0.15) is 28.9 Å². The van der Waals surface area contributed by atoms with Crippen LogP contribution >= 0.6 is 11.3 Å². The molecule has 1 fully saturated rings. The molecule has 19 heavy (non-hydrogen) atoms. The largest absolute Gasteiger partial charge is 0.330 e. The molecule has 1 amide bonds. The van der Waals surface area contributed by atoms with E-state index >= 15 is 0 Å². The zero-order valence-electron chi connectivity index (χ0n) is 10.3. The third-order valence-electron chi connectivity index (χ3n) is 3.14. The van der Waals surface area contributed by atoms with E-state index in [4.69, 9.17) is 0 Å². The Morgan fingerprint density at radius 1 is 1.47 bits per heavy atom. The Hall–Kier alpha value is -1.75. The fourth-order valence-corrected chi connectivity index (χ4v) is 2.58.